The van der Waals surface area contributed by atoms with Crippen molar-refractivity contribution in [2.24, 2.45) is 5.92 Å². The molecule has 7 heteroatoms. The maximum Gasteiger partial charge on any atom is 0.227 e. The molecular formula is C20H21BrN2O4. The molecule has 1 saturated heterocycles. The Balaban J connectivity index is 1.47. The Morgan fingerprint density at radius 1 is 1.22 bits per heavy atom. The molecule has 1 atom stereocenters. The molecule has 0 saturated carbocycles. The summed E-state index contributed by atoms with van der Waals surface area (Å²) in [6, 6.07) is 14.8. The molecule has 3 rings (SSSR count). The summed E-state index contributed by atoms with van der Waals surface area (Å²) in [4.78, 5) is 26.3. The monoisotopic (exact) mass is 432 g/mol. The van der Waals surface area contributed by atoms with E-state index in [1.165, 1.54) is 0 Å². The van der Waals surface area contributed by atoms with Crippen LogP contribution >= 0.6 is 15.9 Å². The number of para-hydroxylation sites is 1. The molecule has 1 unspecified atom stereocenters. The van der Waals surface area contributed by atoms with Crippen LogP contribution in [0.4, 0.5) is 5.69 Å². The standard InChI is InChI=1S/C20H21BrN2O4/c1-26-15-5-4-6-16(12-15)27-10-9-22-20(25)14-11-19(24)23(13-14)18-8-3-2-7-17(18)21/h2-8,12,14H,9-11,13H2,1H3,(H,22,25). The lowest BCUT2D eigenvalue weighted by Gasteiger charge is -2.18. The molecule has 1 N–H and O–H groups in total. The predicted molar refractivity (Wildman–Crippen MR) is 106 cm³/mol. The van der Waals surface area contributed by atoms with E-state index in [0.29, 0.717) is 31.2 Å². The molecule has 6 nitrogen and oxygen atoms in total. The Hall–Kier alpha value is -2.54. The van der Waals surface area contributed by atoms with Gasteiger partial charge in [0, 0.05) is 23.5 Å². The average molecular weight is 433 g/mol. The fraction of sp³-hybridized carbons (Fsp3) is 0.300. The van der Waals surface area contributed by atoms with E-state index in [-0.39, 0.29) is 24.2 Å². The topological polar surface area (TPSA) is 67.9 Å². The second-order valence-corrected chi connectivity index (χ2v) is 7.03. The third-order valence-corrected chi connectivity index (χ3v) is 5.02. The largest absolute Gasteiger partial charge is 0.497 e. The van der Waals surface area contributed by atoms with Gasteiger partial charge in [0.25, 0.3) is 0 Å². The smallest absolute Gasteiger partial charge is 0.227 e. The molecule has 0 bridgehead atoms. The Labute approximate surface area is 166 Å². The second-order valence-electron chi connectivity index (χ2n) is 6.18. The number of rotatable bonds is 7. The van der Waals surface area contributed by atoms with Crippen molar-refractivity contribution < 1.29 is 19.1 Å². The molecule has 1 fully saturated rings. The van der Waals surface area contributed by atoms with E-state index < -0.39 is 0 Å². The van der Waals surface area contributed by atoms with Crippen LogP contribution < -0.4 is 19.7 Å². The normalized spacial score (nSPS) is 16.3. The van der Waals surface area contributed by atoms with Gasteiger partial charge in [-0.2, -0.15) is 0 Å². The van der Waals surface area contributed by atoms with Crippen LogP contribution in [0.25, 0.3) is 0 Å². The summed E-state index contributed by atoms with van der Waals surface area (Å²) in [6.45, 7) is 1.09. The highest BCUT2D eigenvalue weighted by Crippen LogP contribution is 2.31. The summed E-state index contributed by atoms with van der Waals surface area (Å²) in [6.07, 6.45) is 0.212. The molecule has 2 amide bonds. The van der Waals surface area contributed by atoms with E-state index in [1.807, 2.05) is 42.5 Å². The number of amides is 2. The van der Waals surface area contributed by atoms with Crippen LogP contribution in [0.2, 0.25) is 0 Å². The molecule has 1 aliphatic rings. The van der Waals surface area contributed by atoms with Crippen molar-refractivity contribution >= 4 is 33.4 Å². The zero-order valence-corrected chi connectivity index (χ0v) is 16.6. The third-order valence-electron chi connectivity index (χ3n) is 4.35. The molecule has 27 heavy (non-hydrogen) atoms. The Morgan fingerprint density at radius 2 is 2.00 bits per heavy atom. The van der Waals surface area contributed by atoms with E-state index in [9.17, 15) is 9.59 Å². The molecule has 2 aromatic carbocycles. The molecule has 1 heterocycles. The maximum atomic E-state index is 12.4. The highest BCUT2D eigenvalue weighted by Gasteiger charge is 2.35. The minimum absolute atomic E-state index is 0.0466. The van der Waals surface area contributed by atoms with E-state index in [0.717, 1.165) is 10.2 Å². The lowest BCUT2D eigenvalue weighted by Crippen LogP contribution is -2.35. The van der Waals surface area contributed by atoms with Gasteiger partial charge in [0.2, 0.25) is 11.8 Å². The van der Waals surface area contributed by atoms with Gasteiger partial charge in [0.1, 0.15) is 18.1 Å². The Morgan fingerprint density at radius 3 is 2.78 bits per heavy atom. The number of nitrogens with one attached hydrogen (secondary N) is 1. The first-order chi connectivity index (χ1) is 13.1. The lowest BCUT2D eigenvalue weighted by atomic mass is 10.1. The first-order valence-electron chi connectivity index (χ1n) is 8.68. The minimum atomic E-state index is -0.360. The number of nitrogens with zero attached hydrogens (tertiary/aromatic N) is 1. The first-order valence-corrected chi connectivity index (χ1v) is 9.47. The van der Waals surface area contributed by atoms with E-state index in [1.54, 1.807) is 18.1 Å². The van der Waals surface area contributed by atoms with Crippen molar-refractivity contribution in [2.75, 3.05) is 31.7 Å². The molecule has 0 aromatic heterocycles. The summed E-state index contributed by atoms with van der Waals surface area (Å²) in [5.41, 5.74) is 0.791. The van der Waals surface area contributed by atoms with Gasteiger partial charge in [0.05, 0.1) is 25.3 Å². The number of anilines is 1. The molecule has 0 radical (unpaired) electrons. The van der Waals surface area contributed by atoms with Crippen LogP contribution in [0, 0.1) is 5.92 Å². The maximum absolute atomic E-state index is 12.4. The van der Waals surface area contributed by atoms with Gasteiger partial charge in [0.15, 0.2) is 0 Å². The number of carbonyl (C=O) groups is 2. The fourth-order valence-corrected chi connectivity index (χ4v) is 3.46. The third kappa shape index (κ3) is 4.80. The molecule has 0 aliphatic carbocycles. The Kier molecular flexibility index (Phi) is 6.34. The number of carbonyl (C=O) groups excluding carboxylic acids is 2. The van der Waals surface area contributed by atoms with Crippen LogP contribution in [0.15, 0.2) is 53.0 Å². The van der Waals surface area contributed by atoms with Crippen LogP contribution in [0.1, 0.15) is 6.42 Å². The molecular weight excluding hydrogens is 412 g/mol. The zero-order valence-electron chi connectivity index (χ0n) is 15.0. The number of benzene rings is 2. The number of halogens is 1. The Bertz CT molecular complexity index is 827. The average Bonchev–Trinajstić information content (AvgIpc) is 3.07. The predicted octanol–water partition coefficient (Wildman–Crippen LogP) is 3.01. The van der Waals surface area contributed by atoms with Crippen molar-refractivity contribution in [3.63, 3.8) is 0 Å². The zero-order chi connectivity index (χ0) is 19.2. The summed E-state index contributed by atoms with van der Waals surface area (Å²) >= 11 is 3.45. The van der Waals surface area contributed by atoms with Gasteiger partial charge in [-0.15, -0.1) is 0 Å². The molecule has 1 aliphatic heterocycles. The quantitative estimate of drug-likeness (QED) is 0.682. The summed E-state index contributed by atoms with van der Waals surface area (Å²) in [5, 5.41) is 2.84. The summed E-state index contributed by atoms with van der Waals surface area (Å²) in [7, 11) is 1.60. The SMILES string of the molecule is COc1cccc(OCCNC(=O)C2CC(=O)N(c3ccccc3Br)C2)c1. The number of methoxy groups -OCH3 is 1. The van der Waals surface area contributed by atoms with Crippen molar-refractivity contribution in [3.05, 3.63) is 53.0 Å². The summed E-state index contributed by atoms with van der Waals surface area (Å²) in [5.74, 6) is 0.858. The number of hydrogen-bond donors (Lipinski definition) is 1. The summed E-state index contributed by atoms with van der Waals surface area (Å²) < 4.78 is 11.6. The molecule has 142 valence electrons. The van der Waals surface area contributed by atoms with Gasteiger partial charge in [-0.3, -0.25) is 9.59 Å². The highest BCUT2D eigenvalue weighted by atomic mass is 79.9. The highest BCUT2D eigenvalue weighted by molar-refractivity contribution is 9.10. The first kappa shape index (κ1) is 19.2. The van der Waals surface area contributed by atoms with Crippen molar-refractivity contribution in [1.82, 2.24) is 5.32 Å². The van der Waals surface area contributed by atoms with E-state index in [4.69, 9.17) is 9.47 Å². The molecule has 2 aromatic rings. The van der Waals surface area contributed by atoms with Gasteiger partial charge in [-0.05, 0) is 40.2 Å². The molecule has 0 spiro atoms. The number of hydrogen-bond acceptors (Lipinski definition) is 4. The van der Waals surface area contributed by atoms with Gasteiger partial charge >= 0.3 is 0 Å². The van der Waals surface area contributed by atoms with Crippen molar-refractivity contribution in [3.8, 4) is 11.5 Å². The van der Waals surface area contributed by atoms with Crippen molar-refractivity contribution in [1.29, 1.82) is 0 Å². The van der Waals surface area contributed by atoms with Crippen LogP contribution in [-0.4, -0.2) is 38.6 Å². The fourth-order valence-electron chi connectivity index (χ4n) is 2.97. The van der Waals surface area contributed by atoms with Gasteiger partial charge in [-0.1, -0.05) is 18.2 Å². The second kappa shape index (κ2) is 8.90. The van der Waals surface area contributed by atoms with Crippen LogP contribution in [0.5, 0.6) is 11.5 Å². The van der Waals surface area contributed by atoms with Crippen molar-refractivity contribution in [2.45, 2.75) is 6.42 Å². The van der Waals surface area contributed by atoms with Gasteiger partial charge < -0.3 is 19.7 Å². The minimum Gasteiger partial charge on any atom is -0.497 e. The van der Waals surface area contributed by atoms with E-state index in [2.05, 4.69) is 21.2 Å². The van der Waals surface area contributed by atoms with E-state index >= 15 is 0 Å². The van der Waals surface area contributed by atoms with Gasteiger partial charge in [-0.25, -0.2) is 0 Å². The van der Waals surface area contributed by atoms with Crippen LogP contribution in [0.3, 0.4) is 0 Å². The van der Waals surface area contributed by atoms with Crippen LogP contribution in [-0.2, 0) is 9.59 Å². The lowest BCUT2D eigenvalue weighted by molar-refractivity contribution is -0.126. The number of ether oxygens (including phenoxy) is 2.